The standard InChI is InChI=1S/C23H21BrN4O3S/c1-12-16(24)8-19(32-12)20-15(11-25)22(26)27(13-5-4-6-14(7-13)28(30)31)17-9-23(2,3)10-18(29)21(17)20/h4-8,20H,9-10,26H2,1-3H3. The third-order valence-corrected chi connectivity index (χ3v) is 8.04. The van der Waals surface area contributed by atoms with Gasteiger partial charge >= 0.3 is 0 Å². The van der Waals surface area contributed by atoms with Gasteiger partial charge in [-0.25, -0.2) is 0 Å². The number of nitrogens with zero attached hydrogens (tertiary/aromatic N) is 3. The number of nitro benzene ring substituents is 1. The third kappa shape index (κ3) is 3.63. The molecule has 7 nitrogen and oxygen atoms in total. The van der Waals surface area contributed by atoms with E-state index < -0.39 is 10.8 Å². The molecule has 2 N–H and O–H groups in total. The Morgan fingerprint density at radius 1 is 1.34 bits per heavy atom. The Labute approximate surface area is 198 Å². The molecule has 0 spiro atoms. The van der Waals surface area contributed by atoms with Crippen molar-refractivity contribution in [2.24, 2.45) is 11.1 Å². The average molecular weight is 513 g/mol. The summed E-state index contributed by atoms with van der Waals surface area (Å²) in [6, 6.07) is 10.3. The molecular weight excluding hydrogens is 492 g/mol. The quantitative estimate of drug-likeness (QED) is 0.418. The normalized spacial score (nSPS) is 20.3. The fourth-order valence-electron chi connectivity index (χ4n) is 4.46. The molecule has 0 fully saturated rings. The predicted octanol–water partition coefficient (Wildman–Crippen LogP) is 5.67. The minimum Gasteiger partial charge on any atom is -0.384 e. The highest BCUT2D eigenvalue weighted by Crippen LogP contribution is 2.51. The number of thiophene rings is 1. The summed E-state index contributed by atoms with van der Waals surface area (Å²) in [5, 5.41) is 21.5. The van der Waals surface area contributed by atoms with Gasteiger partial charge in [0.25, 0.3) is 5.69 Å². The van der Waals surface area contributed by atoms with Crippen LogP contribution in [0.3, 0.4) is 0 Å². The average Bonchev–Trinajstić information content (AvgIpc) is 3.04. The van der Waals surface area contributed by atoms with Gasteiger partial charge in [0.15, 0.2) is 5.78 Å². The molecule has 0 radical (unpaired) electrons. The first kappa shape index (κ1) is 22.2. The number of hydrogen-bond donors (Lipinski definition) is 1. The maximum Gasteiger partial charge on any atom is 0.271 e. The molecular formula is C23H21BrN4O3S. The second kappa shape index (κ2) is 7.87. The molecule has 0 bridgehead atoms. The summed E-state index contributed by atoms with van der Waals surface area (Å²) in [6.07, 6.45) is 0.910. The van der Waals surface area contributed by atoms with Gasteiger partial charge in [-0.1, -0.05) is 19.9 Å². The fraction of sp³-hybridized carbons (Fsp3) is 0.304. The fourth-order valence-corrected chi connectivity index (χ4v) is 6.14. The number of carbonyl (C=O) groups excluding carboxylic acids is 1. The summed E-state index contributed by atoms with van der Waals surface area (Å²) in [5.41, 5.74) is 8.16. The first-order valence-corrected chi connectivity index (χ1v) is 11.6. The SMILES string of the molecule is Cc1sc(C2C(C#N)=C(N)N(c3cccc([N+](=O)[O-])c3)C3=C2C(=O)CC(C)(C)C3)cc1Br. The summed E-state index contributed by atoms with van der Waals surface area (Å²) in [5.74, 6) is -0.382. The van der Waals surface area contributed by atoms with Crippen LogP contribution in [0.4, 0.5) is 11.4 Å². The zero-order valence-corrected chi connectivity index (χ0v) is 20.2. The molecule has 2 heterocycles. The molecule has 4 rings (SSSR count). The van der Waals surface area contributed by atoms with E-state index in [0.717, 1.165) is 14.2 Å². The number of allylic oxidation sites excluding steroid dienone is 3. The number of rotatable bonds is 3. The van der Waals surface area contributed by atoms with Gasteiger partial charge < -0.3 is 5.73 Å². The van der Waals surface area contributed by atoms with Gasteiger partial charge in [0.2, 0.25) is 0 Å². The van der Waals surface area contributed by atoms with Crippen LogP contribution >= 0.6 is 27.3 Å². The Hall–Kier alpha value is -2.96. The largest absolute Gasteiger partial charge is 0.384 e. The van der Waals surface area contributed by atoms with Crippen LogP contribution < -0.4 is 10.6 Å². The number of carbonyl (C=O) groups is 1. The second-order valence-electron chi connectivity index (χ2n) is 8.81. The number of aryl methyl sites for hydroxylation is 1. The summed E-state index contributed by atoms with van der Waals surface area (Å²) in [7, 11) is 0. The van der Waals surface area contributed by atoms with Gasteiger partial charge in [-0.05, 0) is 46.8 Å². The van der Waals surface area contributed by atoms with E-state index >= 15 is 0 Å². The van der Waals surface area contributed by atoms with Crippen molar-refractivity contribution in [3.63, 3.8) is 0 Å². The van der Waals surface area contributed by atoms with Crippen molar-refractivity contribution >= 4 is 44.4 Å². The van der Waals surface area contributed by atoms with Crippen LogP contribution in [0.2, 0.25) is 0 Å². The molecule has 0 saturated carbocycles. The molecule has 1 unspecified atom stereocenters. The Morgan fingerprint density at radius 2 is 2.06 bits per heavy atom. The molecule has 32 heavy (non-hydrogen) atoms. The van der Waals surface area contributed by atoms with Crippen LogP contribution in [0.1, 0.15) is 42.4 Å². The van der Waals surface area contributed by atoms with E-state index in [0.29, 0.717) is 29.8 Å². The number of ketones is 1. The Bertz CT molecular complexity index is 1250. The Balaban J connectivity index is 2.00. The van der Waals surface area contributed by atoms with Crippen molar-refractivity contribution in [3.8, 4) is 6.07 Å². The van der Waals surface area contributed by atoms with E-state index in [9.17, 15) is 20.2 Å². The molecule has 0 amide bonds. The lowest BCUT2D eigenvalue weighted by molar-refractivity contribution is -0.384. The van der Waals surface area contributed by atoms with E-state index in [4.69, 9.17) is 5.73 Å². The zero-order chi connectivity index (χ0) is 23.4. The molecule has 2 aromatic rings. The predicted molar refractivity (Wildman–Crippen MR) is 127 cm³/mol. The lowest BCUT2D eigenvalue weighted by Crippen LogP contribution is -2.42. The second-order valence-corrected chi connectivity index (χ2v) is 11.0. The molecule has 1 aromatic carbocycles. The smallest absolute Gasteiger partial charge is 0.271 e. The summed E-state index contributed by atoms with van der Waals surface area (Å²) in [4.78, 5) is 27.9. The number of nitro groups is 1. The van der Waals surface area contributed by atoms with E-state index in [1.54, 1.807) is 17.0 Å². The number of nitrogens with two attached hydrogens (primary N) is 1. The van der Waals surface area contributed by atoms with Gasteiger partial charge in [-0.3, -0.25) is 19.8 Å². The number of halogens is 1. The van der Waals surface area contributed by atoms with E-state index in [1.165, 1.54) is 23.5 Å². The van der Waals surface area contributed by atoms with Gasteiger partial charge in [0.05, 0.1) is 28.2 Å². The van der Waals surface area contributed by atoms with Crippen LogP contribution in [-0.2, 0) is 4.79 Å². The number of Topliss-reactive ketones (excluding diaryl/α,β-unsaturated/α-hetero) is 1. The monoisotopic (exact) mass is 512 g/mol. The van der Waals surface area contributed by atoms with Gasteiger partial charge in [-0.15, -0.1) is 11.3 Å². The van der Waals surface area contributed by atoms with Gasteiger partial charge in [-0.2, -0.15) is 5.26 Å². The maximum absolute atomic E-state index is 13.5. The molecule has 164 valence electrons. The number of benzene rings is 1. The van der Waals surface area contributed by atoms with Crippen LogP contribution in [0.25, 0.3) is 0 Å². The van der Waals surface area contributed by atoms with Crippen LogP contribution in [-0.4, -0.2) is 10.7 Å². The first-order valence-electron chi connectivity index (χ1n) is 10.0. The minimum atomic E-state index is -0.552. The van der Waals surface area contributed by atoms with E-state index in [2.05, 4.69) is 22.0 Å². The number of nitriles is 1. The highest BCUT2D eigenvalue weighted by atomic mass is 79.9. The van der Waals surface area contributed by atoms with Crippen LogP contribution in [0, 0.1) is 33.8 Å². The molecule has 2 aliphatic rings. The molecule has 1 aliphatic carbocycles. The number of hydrogen-bond acceptors (Lipinski definition) is 7. The van der Waals surface area contributed by atoms with Gasteiger partial charge in [0, 0.05) is 44.1 Å². The van der Waals surface area contributed by atoms with Crippen molar-refractivity contribution in [2.45, 2.75) is 39.5 Å². The summed E-state index contributed by atoms with van der Waals surface area (Å²) < 4.78 is 0.917. The van der Waals surface area contributed by atoms with Crippen molar-refractivity contribution in [1.29, 1.82) is 5.26 Å². The van der Waals surface area contributed by atoms with Crippen molar-refractivity contribution < 1.29 is 9.72 Å². The van der Waals surface area contributed by atoms with Crippen molar-refractivity contribution in [3.05, 3.63) is 77.3 Å². The topological polar surface area (TPSA) is 113 Å². The van der Waals surface area contributed by atoms with Crippen LogP contribution in [0.5, 0.6) is 0 Å². The third-order valence-electron chi connectivity index (χ3n) is 5.84. The van der Waals surface area contributed by atoms with E-state index in [-0.39, 0.29) is 28.3 Å². The van der Waals surface area contributed by atoms with Gasteiger partial charge in [0.1, 0.15) is 5.82 Å². The lowest BCUT2D eigenvalue weighted by Gasteiger charge is -2.43. The maximum atomic E-state index is 13.5. The molecule has 1 aliphatic heterocycles. The minimum absolute atomic E-state index is 0.0286. The zero-order valence-electron chi connectivity index (χ0n) is 17.8. The number of non-ortho nitro benzene ring substituents is 1. The first-order chi connectivity index (χ1) is 15.0. The highest BCUT2D eigenvalue weighted by Gasteiger charge is 2.45. The number of anilines is 1. The lowest BCUT2D eigenvalue weighted by atomic mass is 9.69. The molecule has 9 heteroatoms. The Morgan fingerprint density at radius 3 is 2.66 bits per heavy atom. The van der Waals surface area contributed by atoms with Crippen molar-refractivity contribution in [1.82, 2.24) is 0 Å². The molecule has 1 aromatic heterocycles. The van der Waals surface area contributed by atoms with E-state index in [1.807, 2.05) is 26.8 Å². The molecule has 0 saturated heterocycles. The van der Waals surface area contributed by atoms with Crippen molar-refractivity contribution in [2.75, 3.05) is 4.90 Å². The Kier molecular flexibility index (Phi) is 5.47. The summed E-state index contributed by atoms with van der Waals surface area (Å²) in [6.45, 7) is 6.00. The van der Waals surface area contributed by atoms with Crippen LogP contribution in [0.15, 0.2) is 57.5 Å². The highest BCUT2D eigenvalue weighted by molar-refractivity contribution is 9.10. The molecule has 1 atom stereocenters. The summed E-state index contributed by atoms with van der Waals surface area (Å²) >= 11 is 5.06.